The minimum absolute atomic E-state index is 0.796. The van der Waals surface area contributed by atoms with Gasteiger partial charge in [-0.2, -0.15) is 0 Å². The first-order chi connectivity index (χ1) is 9.35. The lowest BCUT2D eigenvalue weighted by Gasteiger charge is -2.38. The number of rotatable bonds is 7. The van der Waals surface area contributed by atoms with E-state index in [1.165, 1.54) is 77.4 Å². The summed E-state index contributed by atoms with van der Waals surface area (Å²) < 4.78 is 0. The molecule has 2 atom stereocenters. The molecule has 0 radical (unpaired) electrons. The topological polar surface area (TPSA) is 15.3 Å². The van der Waals surface area contributed by atoms with Crippen LogP contribution in [0, 0.1) is 5.92 Å². The molecular weight excluding hydrogens is 232 g/mol. The SMILES string of the molecule is CCCNC1CCCCC1CN(CC)C1CCCC1. The lowest BCUT2D eigenvalue weighted by Crippen LogP contribution is -2.46. The van der Waals surface area contributed by atoms with Crippen molar-refractivity contribution in [3.8, 4) is 0 Å². The third kappa shape index (κ3) is 4.46. The summed E-state index contributed by atoms with van der Waals surface area (Å²) in [5.74, 6) is 0.904. The average Bonchev–Trinajstić information content (AvgIpc) is 2.97. The summed E-state index contributed by atoms with van der Waals surface area (Å²) in [6, 6.07) is 1.70. The molecule has 2 aliphatic rings. The first-order valence-corrected chi connectivity index (χ1v) is 8.82. The van der Waals surface area contributed by atoms with Gasteiger partial charge >= 0.3 is 0 Å². The molecular formula is C17H34N2. The van der Waals surface area contributed by atoms with Crippen molar-refractivity contribution in [2.45, 2.75) is 83.7 Å². The van der Waals surface area contributed by atoms with Crippen molar-refractivity contribution in [2.24, 2.45) is 5.92 Å². The summed E-state index contributed by atoms with van der Waals surface area (Å²) in [6.45, 7) is 8.44. The van der Waals surface area contributed by atoms with Crippen molar-refractivity contribution in [1.29, 1.82) is 0 Å². The average molecular weight is 266 g/mol. The first-order valence-electron chi connectivity index (χ1n) is 8.82. The molecule has 2 unspecified atom stereocenters. The molecule has 2 saturated carbocycles. The minimum Gasteiger partial charge on any atom is -0.314 e. The summed E-state index contributed by atoms with van der Waals surface area (Å²) in [7, 11) is 0. The summed E-state index contributed by atoms with van der Waals surface area (Å²) in [6.07, 6.45) is 12.8. The molecule has 2 nitrogen and oxygen atoms in total. The molecule has 0 aromatic rings. The Morgan fingerprint density at radius 3 is 2.32 bits per heavy atom. The fourth-order valence-corrected chi connectivity index (χ4v) is 4.13. The van der Waals surface area contributed by atoms with Crippen LogP contribution in [-0.4, -0.2) is 36.6 Å². The van der Waals surface area contributed by atoms with E-state index in [2.05, 4.69) is 24.1 Å². The van der Waals surface area contributed by atoms with E-state index in [0.717, 1.165) is 18.0 Å². The monoisotopic (exact) mass is 266 g/mol. The number of hydrogen-bond donors (Lipinski definition) is 1. The Balaban J connectivity index is 1.85. The van der Waals surface area contributed by atoms with Crippen LogP contribution in [0.5, 0.6) is 0 Å². The predicted molar refractivity (Wildman–Crippen MR) is 83.5 cm³/mol. The molecule has 0 spiro atoms. The van der Waals surface area contributed by atoms with Crippen LogP contribution in [0.1, 0.15) is 71.6 Å². The fraction of sp³-hybridized carbons (Fsp3) is 1.00. The second-order valence-electron chi connectivity index (χ2n) is 6.63. The molecule has 0 aromatic carbocycles. The summed E-state index contributed by atoms with van der Waals surface area (Å²) in [5.41, 5.74) is 0. The largest absolute Gasteiger partial charge is 0.314 e. The van der Waals surface area contributed by atoms with Crippen LogP contribution in [0.2, 0.25) is 0 Å². The zero-order chi connectivity index (χ0) is 13.5. The Morgan fingerprint density at radius 1 is 0.947 bits per heavy atom. The predicted octanol–water partition coefficient (Wildman–Crippen LogP) is 3.81. The molecule has 0 amide bonds. The van der Waals surface area contributed by atoms with Gasteiger partial charge in [0.1, 0.15) is 0 Å². The van der Waals surface area contributed by atoms with Gasteiger partial charge in [0.25, 0.3) is 0 Å². The zero-order valence-corrected chi connectivity index (χ0v) is 13.2. The van der Waals surface area contributed by atoms with Gasteiger partial charge in [0.2, 0.25) is 0 Å². The highest BCUT2D eigenvalue weighted by Crippen LogP contribution is 2.29. The van der Waals surface area contributed by atoms with E-state index < -0.39 is 0 Å². The molecule has 0 aromatic heterocycles. The van der Waals surface area contributed by atoms with E-state index in [-0.39, 0.29) is 0 Å². The van der Waals surface area contributed by atoms with Gasteiger partial charge in [0.05, 0.1) is 0 Å². The van der Waals surface area contributed by atoms with E-state index in [9.17, 15) is 0 Å². The van der Waals surface area contributed by atoms with Gasteiger partial charge in [-0.3, -0.25) is 0 Å². The smallest absolute Gasteiger partial charge is 0.0107 e. The fourth-order valence-electron chi connectivity index (χ4n) is 4.13. The molecule has 0 aliphatic heterocycles. The number of nitrogens with one attached hydrogen (secondary N) is 1. The van der Waals surface area contributed by atoms with Gasteiger partial charge in [-0.25, -0.2) is 0 Å². The van der Waals surface area contributed by atoms with Crippen molar-refractivity contribution < 1.29 is 0 Å². The van der Waals surface area contributed by atoms with Gasteiger partial charge < -0.3 is 10.2 Å². The Morgan fingerprint density at radius 2 is 1.63 bits per heavy atom. The van der Waals surface area contributed by atoms with Gasteiger partial charge in [-0.05, 0) is 51.1 Å². The lowest BCUT2D eigenvalue weighted by atomic mass is 9.83. The molecule has 19 heavy (non-hydrogen) atoms. The van der Waals surface area contributed by atoms with E-state index in [1.807, 2.05) is 0 Å². The maximum atomic E-state index is 3.81. The van der Waals surface area contributed by atoms with Crippen molar-refractivity contribution >= 4 is 0 Å². The molecule has 112 valence electrons. The Hall–Kier alpha value is -0.0800. The molecule has 2 aliphatic carbocycles. The van der Waals surface area contributed by atoms with Crippen molar-refractivity contribution in [3.63, 3.8) is 0 Å². The Bertz CT molecular complexity index is 235. The highest BCUT2D eigenvalue weighted by atomic mass is 15.2. The Labute approximate surface area is 120 Å². The highest BCUT2D eigenvalue weighted by molar-refractivity contribution is 4.86. The first kappa shape index (κ1) is 15.3. The minimum atomic E-state index is 0.796. The van der Waals surface area contributed by atoms with Crippen LogP contribution >= 0.6 is 0 Å². The number of hydrogen-bond acceptors (Lipinski definition) is 2. The summed E-state index contributed by atoms with van der Waals surface area (Å²) in [4.78, 5) is 2.80. The van der Waals surface area contributed by atoms with Crippen LogP contribution < -0.4 is 5.32 Å². The maximum absolute atomic E-state index is 3.81. The van der Waals surface area contributed by atoms with Crippen molar-refractivity contribution in [1.82, 2.24) is 10.2 Å². The van der Waals surface area contributed by atoms with E-state index in [4.69, 9.17) is 0 Å². The van der Waals surface area contributed by atoms with Crippen LogP contribution in [0.3, 0.4) is 0 Å². The third-order valence-corrected chi connectivity index (χ3v) is 5.28. The quantitative estimate of drug-likeness (QED) is 0.754. The molecule has 0 saturated heterocycles. The molecule has 0 heterocycles. The summed E-state index contributed by atoms with van der Waals surface area (Å²) in [5, 5.41) is 3.81. The van der Waals surface area contributed by atoms with E-state index in [0.29, 0.717) is 0 Å². The Kier molecular flexibility index (Phi) is 6.66. The lowest BCUT2D eigenvalue weighted by molar-refractivity contribution is 0.135. The second-order valence-corrected chi connectivity index (χ2v) is 6.63. The van der Waals surface area contributed by atoms with Crippen molar-refractivity contribution in [2.75, 3.05) is 19.6 Å². The van der Waals surface area contributed by atoms with E-state index >= 15 is 0 Å². The van der Waals surface area contributed by atoms with E-state index in [1.54, 1.807) is 0 Å². The summed E-state index contributed by atoms with van der Waals surface area (Å²) >= 11 is 0. The van der Waals surface area contributed by atoms with Crippen molar-refractivity contribution in [3.05, 3.63) is 0 Å². The van der Waals surface area contributed by atoms with Crippen LogP contribution in [-0.2, 0) is 0 Å². The molecule has 2 fully saturated rings. The maximum Gasteiger partial charge on any atom is 0.0107 e. The zero-order valence-electron chi connectivity index (χ0n) is 13.2. The van der Waals surface area contributed by atoms with Crippen LogP contribution in [0.4, 0.5) is 0 Å². The second kappa shape index (κ2) is 8.26. The van der Waals surface area contributed by atoms with Gasteiger partial charge in [-0.15, -0.1) is 0 Å². The normalized spacial score (nSPS) is 29.2. The van der Waals surface area contributed by atoms with Gasteiger partial charge in [-0.1, -0.05) is 39.5 Å². The highest BCUT2D eigenvalue weighted by Gasteiger charge is 2.29. The third-order valence-electron chi connectivity index (χ3n) is 5.28. The van der Waals surface area contributed by atoms with Crippen LogP contribution in [0.25, 0.3) is 0 Å². The molecule has 2 rings (SSSR count). The standard InChI is InChI=1S/C17H34N2/c1-3-13-18-17-12-8-5-9-15(17)14-19(4-2)16-10-6-7-11-16/h15-18H,3-14H2,1-2H3. The van der Waals surface area contributed by atoms with Gasteiger partial charge in [0.15, 0.2) is 0 Å². The van der Waals surface area contributed by atoms with Crippen LogP contribution in [0.15, 0.2) is 0 Å². The number of nitrogens with zero attached hydrogens (tertiary/aromatic N) is 1. The van der Waals surface area contributed by atoms with Gasteiger partial charge in [0, 0.05) is 18.6 Å². The molecule has 1 N–H and O–H groups in total. The molecule has 0 bridgehead atoms. The molecule has 2 heteroatoms.